The van der Waals surface area contributed by atoms with Gasteiger partial charge < -0.3 is 9.84 Å². The molecular weight excluding hydrogens is 733 g/mol. The van der Waals surface area contributed by atoms with Gasteiger partial charge in [0.1, 0.15) is 0 Å². The fourth-order valence-corrected chi connectivity index (χ4v) is 5.23. The number of pyridine rings is 2. The second-order valence-electron chi connectivity index (χ2n) is 8.58. The van der Waals surface area contributed by atoms with Crippen LogP contribution < -0.4 is 0 Å². The van der Waals surface area contributed by atoms with Crippen molar-refractivity contribution in [3.8, 4) is 5.82 Å². The van der Waals surface area contributed by atoms with Crippen molar-refractivity contribution in [2.24, 2.45) is 0 Å². The first-order valence-electron chi connectivity index (χ1n) is 12.2. The van der Waals surface area contributed by atoms with Crippen molar-refractivity contribution in [1.82, 2.24) is 29.9 Å². The summed E-state index contributed by atoms with van der Waals surface area (Å²) in [7, 11) is 0. The molecule has 0 atom stereocenters. The van der Waals surface area contributed by atoms with E-state index in [-0.39, 0.29) is 11.7 Å². The number of halogens is 3. The highest BCUT2D eigenvalue weighted by atomic mass is 127. The Balaban J connectivity index is 0.000000147. The Morgan fingerprint density at radius 3 is 2.36 bits per heavy atom. The number of H-pyrrole nitrogens is 1. The van der Waals surface area contributed by atoms with E-state index < -0.39 is 11.9 Å². The van der Waals surface area contributed by atoms with Crippen molar-refractivity contribution >= 4 is 57.1 Å². The molecule has 2 N–H and O–H groups in total. The molecular formula is C26H25FI2N6O4. The third-order valence-electron chi connectivity index (χ3n) is 6.02. The highest BCUT2D eigenvalue weighted by Gasteiger charge is 2.27. The van der Waals surface area contributed by atoms with Crippen LogP contribution in [0.5, 0.6) is 0 Å². The number of aromatic carboxylic acids is 1. The molecule has 0 saturated carbocycles. The second-order valence-corrected chi connectivity index (χ2v) is 11.1. The van der Waals surface area contributed by atoms with Crippen LogP contribution in [0.1, 0.15) is 63.3 Å². The highest BCUT2D eigenvalue weighted by molar-refractivity contribution is 14.1. The topological polar surface area (TPSA) is 136 Å². The van der Waals surface area contributed by atoms with E-state index >= 15 is 0 Å². The third kappa shape index (κ3) is 7.17. The van der Waals surface area contributed by atoms with Crippen LogP contribution in [-0.4, -0.2) is 53.6 Å². The Bertz CT molecular complexity index is 1470. The summed E-state index contributed by atoms with van der Waals surface area (Å²) < 4.78 is 20.5. The molecule has 0 spiro atoms. The summed E-state index contributed by atoms with van der Waals surface area (Å²) in [6, 6.07) is 6.91. The number of nitrogens with zero attached hydrogens (tertiary/aromatic N) is 5. The monoisotopic (exact) mass is 758 g/mol. The molecule has 4 heterocycles. The van der Waals surface area contributed by atoms with Crippen molar-refractivity contribution in [3.05, 3.63) is 83.6 Å². The molecule has 6 rings (SSSR count). The number of carboxylic acids is 1. The van der Waals surface area contributed by atoms with E-state index in [2.05, 4.69) is 47.9 Å². The molecule has 39 heavy (non-hydrogen) atoms. The maximum Gasteiger partial charge on any atom is 0.359 e. The number of nitrogens with one attached hydrogen (secondary N) is 1. The minimum atomic E-state index is -0.961. The number of aromatic amines is 1. The molecule has 204 valence electrons. The molecule has 4 aromatic rings. The van der Waals surface area contributed by atoms with Gasteiger partial charge in [-0.2, -0.15) is 14.6 Å². The molecule has 0 radical (unpaired) electrons. The zero-order valence-corrected chi connectivity index (χ0v) is 25.3. The van der Waals surface area contributed by atoms with E-state index in [4.69, 9.17) is 9.84 Å². The summed E-state index contributed by atoms with van der Waals surface area (Å²) >= 11 is 4.23. The van der Waals surface area contributed by atoms with E-state index in [0.717, 1.165) is 68.2 Å². The molecule has 10 nitrogen and oxygen atoms in total. The van der Waals surface area contributed by atoms with Crippen LogP contribution in [0.25, 0.3) is 5.82 Å². The number of rotatable bonds is 4. The number of carbonyl (C=O) groups excluding carboxylic acids is 1. The lowest BCUT2D eigenvalue weighted by Gasteiger charge is -2.04. The number of carboxylic acid groups (broad SMARTS) is 1. The Labute approximate surface area is 251 Å². The van der Waals surface area contributed by atoms with Crippen LogP contribution in [0.4, 0.5) is 4.39 Å². The van der Waals surface area contributed by atoms with Crippen molar-refractivity contribution in [2.75, 3.05) is 6.61 Å². The summed E-state index contributed by atoms with van der Waals surface area (Å²) in [5, 5.41) is 20.2. The SMILES string of the molecule is CCOC(=O)c1n[nH]c2c1CCC2.Fc1cc(I)ccn1.O=C(O)c1nn(-c2cc(I)ccn2)c2c1CCC2. The Morgan fingerprint density at radius 2 is 1.72 bits per heavy atom. The van der Waals surface area contributed by atoms with E-state index in [1.54, 1.807) is 23.9 Å². The first-order chi connectivity index (χ1) is 18.8. The molecule has 2 aliphatic carbocycles. The van der Waals surface area contributed by atoms with Crippen molar-refractivity contribution in [2.45, 2.75) is 45.4 Å². The van der Waals surface area contributed by atoms with Gasteiger partial charge in [-0.3, -0.25) is 5.10 Å². The van der Waals surface area contributed by atoms with E-state index in [1.165, 1.54) is 12.3 Å². The minimum Gasteiger partial charge on any atom is -0.476 e. The van der Waals surface area contributed by atoms with Crippen molar-refractivity contribution in [3.63, 3.8) is 0 Å². The number of aryl methyl sites for hydroxylation is 1. The van der Waals surface area contributed by atoms with Crippen LogP contribution in [0.3, 0.4) is 0 Å². The number of hydrogen-bond acceptors (Lipinski definition) is 7. The van der Waals surface area contributed by atoms with E-state index in [1.807, 2.05) is 34.7 Å². The summed E-state index contributed by atoms with van der Waals surface area (Å²) in [6.45, 7) is 2.20. The Hall–Kier alpha value is -2.95. The lowest BCUT2D eigenvalue weighted by Crippen LogP contribution is -2.07. The highest BCUT2D eigenvalue weighted by Crippen LogP contribution is 2.27. The van der Waals surface area contributed by atoms with Crippen molar-refractivity contribution in [1.29, 1.82) is 0 Å². The van der Waals surface area contributed by atoms with Gasteiger partial charge in [-0.15, -0.1) is 0 Å². The quantitative estimate of drug-likeness (QED) is 0.170. The fourth-order valence-electron chi connectivity index (χ4n) is 4.37. The average Bonchev–Trinajstić information content (AvgIpc) is 3.66. The summed E-state index contributed by atoms with van der Waals surface area (Å²) in [6.07, 6.45) is 8.84. The lowest BCUT2D eigenvalue weighted by molar-refractivity contribution is 0.0517. The van der Waals surface area contributed by atoms with Gasteiger partial charge in [0, 0.05) is 42.4 Å². The largest absolute Gasteiger partial charge is 0.476 e. The van der Waals surface area contributed by atoms with Crippen LogP contribution in [0.2, 0.25) is 0 Å². The number of ether oxygens (including phenoxy) is 1. The molecule has 2 aliphatic rings. The van der Waals surface area contributed by atoms with Crippen molar-refractivity contribution < 1.29 is 23.8 Å². The molecule has 0 unspecified atom stereocenters. The molecule has 4 aromatic heterocycles. The zero-order valence-electron chi connectivity index (χ0n) is 21.0. The maximum absolute atomic E-state index is 12.1. The Kier molecular flexibility index (Phi) is 9.99. The van der Waals surface area contributed by atoms with Gasteiger partial charge in [0.25, 0.3) is 0 Å². The number of esters is 1. The molecule has 0 aliphatic heterocycles. The smallest absolute Gasteiger partial charge is 0.359 e. The van der Waals surface area contributed by atoms with Gasteiger partial charge in [-0.05, 0) is 109 Å². The summed E-state index contributed by atoms with van der Waals surface area (Å²) in [5.41, 5.74) is 4.66. The summed E-state index contributed by atoms with van der Waals surface area (Å²) in [5.74, 6) is -0.996. The van der Waals surface area contributed by atoms with Gasteiger partial charge in [-0.25, -0.2) is 24.2 Å². The first kappa shape index (κ1) is 29.0. The first-order valence-corrected chi connectivity index (χ1v) is 14.4. The zero-order chi connectivity index (χ0) is 27.9. The molecule has 0 fully saturated rings. The van der Waals surface area contributed by atoms with Crippen LogP contribution in [0.15, 0.2) is 36.7 Å². The van der Waals surface area contributed by atoms with E-state index in [0.29, 0.717) is 18.1 Å². The normalized spacial score (nSPS) is 12.9. The molecule has 0 saturated heterocycles. The van der Waals surface area contributed by atoms with Crippen LogP contribution >= 0.6 is 45.2 Å². The fraction of sp³-hybridized carbons (Fsp3) is 0.308. The van der Waals surface area contributed by atoms with Gasteiger partial charge in [-0.1, -0.05) is 0 Å². The standard InChI is InChI=1S/C12H10IN3O2.C9H12N2O2.C5H3FIN/c13-7-4-5-14-10(6-7)16-9-3-1-2-8(9)11(15-16)12(17)18;1-2-13-9(12)8-6-4-3-5-7(6)10-11-8;6-5-3-4(7)1-2-8-5/h4-6H,1-3H2,(H,17,18);2-5H2,1H3,(H,10,11);1-3H. The van der Waals surface area contributed by atoms with Gasteiger partial charge in [0.15, 0.2) is 17.2 Å². The summed E-state index contributed by atoms with van der Waals surface area (Å²) in [4.78, 5) is 30.2. The predicted molar refractivity (Wildman–Crippen MR) is 157 cm³/mol. The van der Waals surface area contributed by atoms with Gasteiger partial charge >= 0.3 is 11.9 Å². The second kappa shape index (κ2) is 13.4. The molecule has 0 aromatic carbocycles. The van der Waals surface area contributed by atoms with Gasteiger partial charge in [0.2, 0.25) is 5.95 Å². The number of carbonyl (C=O) groups is 2. The Morgan fingerprint density at radius 1 is 1.03 bits per heavy atom. The average molecular weight is 758 g/mol. The number of aromatic nitrogens is 6. The third-order valence-corrected chi connectivity index (χ3v) is 7.36. The number of fused-ring (bicyclic) bond motifs is 2. The predicted octanol–water partition coefficient (Wildman–Crippen LogP) is 4.96. The van der Waals surface area contributed by atoms with Gasteiger partial charge in [0.05, 0.1) is 12.3 Å². The van der Waals surface area contributed by atoms with E-state index in [9.17, 15) is 14.0 Å². The van der Waals surface area contributed by atoms with Crippen LogP contribution in [-0.2, 0) is 30.4 Å². The number of hydrogen-bond donors (Lipinski definition) is 2. The van der Waals surface area contributed by atoms with Crippen LogP contribution in [0, 0.1) is 13.1 Å². The molecule has 0 bridgehead atoms. The molecule has 0 amide bonds. The maximum atomic E-state index is 12.1. The lowest BCUT2D eigenvalue weighted by atomic mass is 10.2. The molecule has 13 heteroatoms. The minimum absolute atomic E-state index is 0.170.